The summed E-state index contributed by atoms with van der Waals surface area (Å²) in [6, 6.07) is 19.4. The fourth-order valence-corrected chi connectivity index (χ4v) is 3.04. The summed E-state index contributed by atoms with van der Waals surface area (Å²) in [4.78, 5) is 0. The number of hydrogen-bond donors (Lipinski definition) is 0. The maximum absolute atomic E-state index is 12.3. The lowest BCUT2D eigenvalue weighted by molar-refractivity contribution is 0.0566. The third-order valence-corrected chi connectivity index (χ3v) is 4.60. The van der Waals surface area contributed by atoms with Gasteiger partial charge in [0, 0.05) is 0 Å². The van der Waals surface area contributed by atoms with Crippen LogP contribution in [0.3, 0.4) is 0 Å². The molecule has 0 saturated heterocycles. The molecule has 22 heavy (non-hydrogen) atoms. The molecule has 118 valence electrons. The van der Waals surface area contributed by atoms with Crippen LogP contribution in [0.4, 0.5) is 0 Å². The molecule has 4 heteroatoms. The Labute approximate surface area is 135 Å². The zero-order valence-electron chi connectivity index (χ0n) is 13.4. The van der Waals surface area contributed by atoms with E-state index in [1.807, 2.05) is 88.4 Å². The first-order valence-electron chi connectivity index (χ1n) is 7.23. The van der Waals surface area contributed by atoms with E-state index < -0.39 is 22.6 Å². The van der Waals surface area contributed by atoms with E-state index in [9.17, 15) is 4.21 Å². The Morgan fingerprint density at radius 1 is 0.682 bits per heavy atom. The van der Waals surface area contributed by atoms with E-state index in [2.05, 4.69) is 0 Å². The molecule has 0 fully saturated rings. The standard InChI is InChI=1S/C18H22O3S/c1-17(2,15-11-7-5-8-12-15)20-22(19)21-18(3,4)16-13-9-6-10-14-16/h5-14H,1-4H3. The van der Waals surface area contributed by atoms with Gasteiger partial charge in [-0.3, -0.25) is 8.37 Å². The molecule has 0 aliphatic heterocycles. The van der Waals surface area contributed by atoms with Crippen LogP contribution in [-0.2, 0) is 30.9 Å². The Hall–Kier alpha value is -1.49. The summed E-state index contributed by atoms with van der Waals surface area (Å²) in [5.41, 5.74) is 0.506. The minimum atomic E-state index is -1.86. The van der Waals surface area contributed by atoms with Crippen LogP contribution in [-0.4, -0.2) is 4.21 Å². The Balaban J connectivity index is 2.07. The third-order valence-electron chi connectivity index (χ3n) is 3.49. The third kappa shape index (κ3) is 4.26. The van der Waals surface area contributed by atoms with E-state index in [1.54, 1.807) is 0 Å². The Morgan fingerprint density at radius 2 is 1.00 bits per heavy atom. The quantitative estimate of drug-likeness (QED) is 0.788. The van der Waals surface area contributed by atoms with Crippen LogP contribution in [0.5, 0.6) is 0 Å². The largest absolute Gasteiger partial charge is 0.306 e. The number of rotatable bonds is 6. The Bertz CT molecular complexity index is 566. The molecule has 0 N–H and O–H groups in total. The summed E-state index contributed by atoms with van der Waals surface area (Å²) in [5.74, 6) is 0. The zero-order valence-corrected chi connectivity index (χ0v) is 14.2. The molecule has 0 amide bonds. The monoisotopic (exact) mass is 318 g/mol. The fraction of sp³-hybridized carbons (Fsp3) is 0.333. The molecular formula is C18H22O3S. The summed E-state index contributed by atoms with van der Waals surface area (Å²) < 4.78 is 23.6. The molecule has 0 aliphatic rings. The molecular weight excluding hydrogens is 296 g/mol. The molecule has 0 atom stereocenters. The maximum Gasteiger partial charge on any atom is 0.306 e. The van der Waals surface area contributed by atoms with Crippen LogP contribution in [0.15, 0.2) is 60.7 Å². The molecule has 2 aromatic carbocycles. The molecule has 0 saturated carbocycles. The van der Waals surface area contributed by atoms with E-state index in [4.69, 9.17) is 8.37 Å². The number of benzene rings is 2. The maximum atomic E-state index is 12.3. The molecule has 0 aromatic heterocycles. The normalized spacial score (nSPS) is 12.6. The lowest BCUT2D eigenvalue weighted by Crippen LogP contribution is -2.29. The van der Waals surface area contributed by atoms with Gasteiger partial charge >= 0.3 is 11.4 Å². The van der Waals surface area contributed by atoms with Crippen molar-refractivity contribution in [3.05, 3.63) is 71.8 Å². The van der Waals surface area contributed by atoms with Gasteiger partial charge in [-0.1, -0.05) is 60.7 Å². The van der Waals surface area contributed by atoms with Gasteiger partial charge in [0.2, 0.25) is 0 Å². The van der Waals surface area contributed by atoms with Crippen LogP contribution in [0.2, 0.25) is 0 Å². The molecule has 0 radical (unpaired) electrons. The van der Waals surface area contributed by atoms with Crippen molar-refractivity contribution in [3.8, 4) is 0 Å². The van der Waals surface area contributed by atoms with Crippen molar-refractivity contribution in [2.75, 3.05) is 0 Å². The first-order valence-corrected chi connectivity index (χ1v) is 8.23. The highest BCUT2D eigenvalue weighted by atomic mass is 32.2. The second kappa shape index (κ2) is 6.73. The predicted molar refractivity (Wildman–Crippen MR) is 89.2 cm³/mol. The summed E-state index contributed by atoms with van der Waals surface area (Å²) in [6.07, 6.45) is 0. The first-order chi connectivity index (χ1) is 10.3. The molecule has 0 spiro atoms. The van der Waals surface area contributed by atoms with Gasteiger partial charge in [-0.25, -0.2) is 0 Å². The Morgan fingerprint density at radius 3 is 1.32 bits per heavy atom. The second-order valence-electron chi connectivity index (χ2n) is 6.12. The van der Waals surface area contributed by atoms with Crippen molar-refractivity contribution in [2.45, 2.75) is 38.9 Å². The van der Waals surface area contributed by atoms with Crippen molar-refractivity contribution >= 4 is 11.4 Å². The van der Waals surface area contributed by atoms with Crippen LogP contribution in [0.1, 0.15) is 38.8 Å². The summed E-state index contributed by atoms with van der Waals surface area (Å²) in [5, 5.41) is 0. The molecule has 2 rings (SSSR count). The minimum Gasteiger partial charge on any atom is -0.258 e. The molecule has 2 aromatic rings. The van der Waals surface area contributed by atoms with Gasteiger partial charge in [0.1, 0.15) is 11.2 Å². The minimum absolute atomic E-state index is 0.696. The molecule has 0 aliphatic carbocycles. The van der Waals surface area contributed by atoms with Crippen molar-refractivity contribution in [3.63, 3.8) is 0 Å². The van der Waals surface area contributed by atoms with Gasteiger partial charge in [-0.05, 0) is 38.8 Å². The zero-order chi connectivity index (χ0) is 16.2. The van der Waals surface area contributed by atoms with E-state index >= 15 is 0 Å². The SMILES string of the molecule is CC(C)(OS(=O)OC(C)(C)c1ccccc1)c1ccccc1. The van der Waals surface area contributed by atoms with Crippen molar-refractivity contribution in [1.82, 2.24) is 0 Å². The predicted octanol–water partition coefficient (Wildman–Crippen LogP) is 4.47. The van der Waals surface area contributed by atoms with Gasteiger partial charge in [-0.2, -0.15) is 4.21 Å². The summed E-state index contributed by atoms with van der Waals surface area (Å²) >= 11 is -1.86. The molecule has 0 unspecified atom stereocenters. The first kappa shape index (κ1) is 16.9. The smallest absolute Gasteiger partial charge is 0.258 e. The second-order valence-corrected chi connectivity index (χ2v) is 6.87. The van der Waals surface area contributed by atoms with Gasteiger partial charge in [-0.15, -0.1) is 0 Å². The highest BCUT2D eigenvalue weighted by Gasteiger charge is 2.30. The van der Waals surface area contributed by atoms with Crippen LogP contribution < -0.4 is 0 Å². The highest BCUT2D eigenvalue weighted by molar-refractivity contribution is 7.75. The molecule has 3 nitrogen and oxygen atoms in total. The Kier molecular flexibility index (Phi) is 5.16. The number of hydrogen-bond acceptors (Lipinski definition) is 3. The van der Waals surface area contributed by atoms with Crippen LogP contribution in [0, 0.1) is 0 Å². The van der Waals surface area contributed by atoms with Gasteiger partial charge in [0.05, 0.1) is 0 Å². The van der Waals surface area contributed by atoms with Crippen LogP contribution in [0.25, 0.3) is 0 Å². The lowest BCUT2D eigenvalue weighted by Gasteiger charge is -2.28. The topological polar surface area (TPSA) is 35.5 Å². The van der Waals surface area contributed by atoms with E-state index in [1.165, 1.54) is 0 Å². The van der Waals surface area contributed by atoms with Crippen molar-refractivity contribution in [1.29, 1.82) is 0 Å². The molecule has 0 heterocycles. The highest BCUT2D eigenvalue weighted by Crippen LogP contribution is 2.30. The van der Waals surface area contributed by atoms with Gasteiger partial charge in [0.15, 0.2) is 0 Å². The van der Waals surface area contributed by atoms with E-state index in [0.29, 0.717) is 0 Å². The van der Waals surface area contributed by atoms with Crippen molar-refractivity contribution < 1.29 is 12.6 Å². The van der Waals surface area contributed by atoms with Crippen molar-refractivity contribution in [2.24, 2.45) is 0 Å². The average Bonchev–Trinajstić information content (AvgIpc) is 2.48. The van der Waals surface area contributed by atoms with E-state index in [0.717, 1.165) is 11.1 Å². The fourth-order valence-electron chi connectivity index (χ4n) is 2.13. The van der Waals surface area contributed by atoms with Gasteiger partial charge in [0.25, 0.3) is 0 Å². The van der Waals surface area contributed by atoms with E-state index in [-0.39, 0.29) is 0 Å². The average molecular weight is 318 g/mol. The summed E-state index contributed by atoms with van der Waals surface area (Å²) in [6.45, 7) is 7.50. The summed E-state index contributed by atoms with van der Waals surface area (Å²) in [7, 11) is 0. The van der Waals surface area contributed by atoms with Crippen LogP contribution >= 0.6 is 0 Å². The lowest BCUT2D eigenvalue weighted by atomic mass is 9.99. The van der Waals surface area contributed by atoms with Gasteiger partial charge < -0.3 is 0 Å². The molecule has 0 bridgehead atoms.